The van der Waals surface area contributed by atoms with E-state index in [0.717, 1.165) is 29.3 Å². The molecule has 3 rings (SSSR count). The molecule has 0 saturated heterocycles. The summed E-state index contributed by atoms with van der Waals surface area (Å²) >= 11 is 2.80. The van der Waals surface area contributed by atoms with Crippen LogP contribution in [0.3, 0.4) is 0 Å². The molecule has 148 valence electrons. The van der Waals surface area contributed by atoms with Crippen molar-refractivity contribution in [1.82, 2.24) is 24.7 Å². The van der Waals surface area contributed by atoms with Crippen molar-refractivity contribution in [3.05, 3.63) is 53.1 Å². The number of aromatic nitrogens is 5. The van der Waals surface area contributed by atoms with E-state index in [1.165, 1.54) is 29.6 Å². The summed E-state index contributed by atoms with van der Waals surface area (Å²) in [5, 5.41) is 9.51. The predicted octanol–water partition coefficient (Wildman–Crippen LogP) is 5.10. The van der Waals surface area contributed by atoms with E-state index in [1.807, 2.05) is 26.8 Å². The Morgan fingerprint density at radius 3 is 2.36 bits per heavy atom. The molecule has 5 nitrogen and oxygen atoms in total. The van der Waals surface area contributed by atoms with Gasteiger partial charge in [0.2, 0.25) is 0 Å². The second-order valence-electron chi connectivity index (χ2n) is 5.94. The first-order valence-corrected chi connectivity index (χ1v) is 10.4. The van der Waals surface area contributed by atoms with Gasteiger partial charge in [0.1, 0.15) is 5.82 Å². The number of benzene rings is 1. The fourth-order valence-electron chi connectivity index (χ4n) is 2.58. The predicted molar refractivity (Wildman–Crippen MR) is 104 cm³/mol. The number of nitrogens with zero attached hydrogens (tertiary/aromatic N) is 5. The van der Waals surface area contributed by atoms with Gasteiger partial charge in [-0.2, -0.15) is 13.2 Å². The van der Waals surface area contributed by atoms with Crippen LogP contribution in [-0.2, 0) is 11.9 Å². The van der Waals surface area contributed by atoms with Crippen molar-refractivity contribution in [3.8, 4) is 5.69 Å². The summed E-state index contributed by atoms with van der Waals surface area (Å²) in [5.74, 6) is 1.66. The summed E-state index contributed by atoms with van der Waals surface area (Å²) in [6, 6.07) is 7.07. The molecule has 0 bridgehead atoms. The number of aryl methyl sites for hydroxylation is 2. The zero-order valence-electron chi connectivity index (χ0n) is 15.5. The highest BCUT2D eigenvalue weighted by Crippen LogP contribution is 2.32. The van der Waals surface area contributed by atoms with Gasteiger partial charge in [0.05, 0.1) is 17.0 Å². The van der Waals surface area contributed by atoms with Crippen molar-refractivity contribution in [1.29, 1.82) is 0 Å². The number of alkyl halides is 3. The maximum absolute atomic E-state index is 13.1. The lowest BCUT2D eigenvalue weighted by Gasteiger charge is -2.12. The molecule has 0 radical (unpaired) electrons. The van der Waals surface area contributed by atoms with Crippen molar-refractivity contribution >= 4 is 23.5 Å². The van der Waals surface area contributed by atoms with E-state index in [4.69, 9.17) is 0 Å². The highest BCUT2D eigenvalue weighted by Gasteiger charge is 2.31. The average molecular weight is 426 g/mol. The van der Waals surface area contributed by atoms with E-state index in [1.54, 1.807) is 10.6 Å². The van der Waals surface area contributed by atoms with Gasteiger partial charge in [0.25, 0.3) is 0 Å². The summed E-state index contributed by atoms with van der Waals surface area (Å²) in [6.07, 6.45) is -4.41. The molecule has 0 spiro atoms. The Balaban J connectivity index is 1.95. The topological polar surface area (TPSA) is 56.5 Å². The van der Waals surface area contributed by atoms with Crippen LogP contribution in [0, 0.1) is 13.8 Å². The van der Waals surface area contributed by atoms with Gasteiger partial charge in [-0.1, -0.05) is 36.5 Å². The molecular formula is C18H18F3N5S2. The first kappa shape index (κ1) is 20.7. The third-order valence-electron chi connectivity index (χ3n) is 3.70. The van der Waals surface area contributed by atoms with E-state index in [-0.39, 0.29) is 0 Å². The molecule has 28 heavy (non-hydrogen) atoms. The first-order valence-electron chi connectivity index (χ1n) is 8.47. The van der Waals surface area contributed by atoms with E-state index < -0.39 is 11.7 Å². The summed E-state index contributed by atoms with van der Waals surface area (Å²) < 4.78 is 41.1. The van der Waals surface area contributed by atoms with Gasteiger partial charge >= 0.3 is 6.18 Å². The Morgan fingerprint density at radius 1 is 1.00 bits per heavy atom. The van der Waals surface area contributed by atoms with Crippen LogP contribution in [0.5, 0.6) is 0 Å². The minimum Gasteiger partial charge on any atom is -0.273 e. The van der Waals surface area contributed by atoms with Crippen molar-refractivity contribution in [2.24, 2.45) is 0 Å². The fraction of sp³-hybridized carbons (Fsp3) is 0.333. The third-order valence-corrected chi connectivity index (χ3v) is 5.35. The molecule has 0 amide bonds. The van der Waals surface area contributed by atoms with Crippen LogP contribution in [0.15, 0.2) is 40.6 Å². The molecule has 0 atom stereocenters. The molecule has 3 aromatic rings. The van der Waals surface area contributed by atoms with Crippen LogP contribution in [0.4, 0.5) is 13.2 Å². The molecule has 10 heteroatoms. The number of rotatable bonds is 6. The van der Waals surface area contributed by atoms with Crippen molar-refractivity contribution in [2.45, 2.75) is 43.0 Å². The zero-order chi connectivity index (χ0) is 20.3. The van der Waals surface area contributed by atoms with Crippen LogP contribution < -0.4 is 0 Å². The molecule has 0 aliphatic heterocycles. The lowest BCUT2D eigenvalue weighted by atomic mass is 10.2. The lowest BCUT2D eigenvalue weighted by Crippen LogP contribution is -2.08. The quantitative estimate of drug-likeness (QED) is 0.405. The van der Waals surface area contributed by atoms with Gasteiger partial charge in [-0.15, -0.1) is 10.2 Å². The van der Waals surface area contributed by atoms with Gasteiger partial charge in [-0.05, 0) is 43.9 Å². The van der Waals surface area contributed by atoms with E-state index in [9.17, 15) is 13.2 Å². The van der Waals surface area contributed by atoms with Gasteiger partial charge in [0.15, 0.2) is 10.3 Å². The minimum absolute atomic E-state index is 0.382. The molecule has 2 heterocycles. The Morgan fingerprint density at radius 2 is 1.71 bits per heavy atom. The summed E-state index contributed by atoms with van der Waals surface area (Å²) in [6.45, 7) is 5.73. The highest BCUT2D eigenvalue weighted by atomic mass is 32.2. The maximum Gasteiger partial charge on any atom is 0.416 e. The molecule has 0 fully saturated rings. The maximum atomic E-state index is 13.1. The van der Waals surface area contributed by atoms with E-state index in [0.29, 0.717) is 27.6 Å². The molecule has 2 aromatic heterocycles. The summed E-state index contributed by atoms with van der Waals surface area (Å²) in [5.41, 5.74) is 1.39. The standard InChI is InChI=1S/C18H18F3N5S2/c1-4-27-17-25-24-15(10-28-16-22-11(2)8-12(3)23-16)26(17)14-7-5-6-13(9-14)18(19,20)21/h5-9H,4,10H2,1-3H3. The number of halogens is 3. The van der Waals surface area contributed by atoms with E-state index in [2.05, 4.69) is 20.2 Å². The molecule has 0 aliphatic rings. The Labute approximate surface area is 169 Å². The summed E-state index contributed by atoms with van der Waals surface area (Å²) in [4.78, 5) is 8.76. The molecule has 0 N–H and O–H groups in total. The number of hydrogen-bond acceptors (Lipinski definition) is 6. The largest absolute Gasteiger partial charge is 0.416 e. The Bertz CT molecular complexity index is 952. The first-order chi connectivity index (χ1) is 13.3. The second kappa shape index (κ2) is 8.52. The van der Waals surface area contributed by atoms with Gasteiger partial charge in [-0.3, -0.25) is 4.57 Å². The number of thioether (sulfide) groups is 2. The molecule has 0 aliphatic carbocycles. The third kappa shape index (κ3) is 4.85. The minimum atomic E-state index is -4.41. The summed E-state index contributed by atoms with van der Waals surface area (Å²) in [7, 11) is 0. The highest BCUT2D eigenvalue weighted by molar-refractivity contribution is 7.99. The monoisotopic (exact) mass is 425 g/mol. The molecular weight excluding hydrogens is 407 g/mol. The lowest BCUT2D eigenvalue weighted by molar-refractivity contribution is -0.137. The van der Waals surface area contributed by atoms with Crippen molar-refractivity contribution < 1.29 is 13.2 Å². The molecule has 1 aromatic carbocycles. The van der Waals surface area contributed by atoms with Crippen LogP contribution in [0.1, 0.15) is 29.7 Å². The van der Waals surface area contributed by atoms with Crippen LogP contribution in [0.2, 0.25) is 0 Å². The van der Waals surface area contributed by atoms with Crippen LogP contribution in [-0.4, -0.2) is 30.5 Å². The molecule has 0 saturated carbocycles. The normalized spacial score (nSPS) is 11.8. The van der Waals surface area contributed by atoms with Crippen molar-refractivity contribution in [2.75, 3.05) is 5.75 Å². The van der Waals surface area contributed by atoms with Gasteiger partial charge in [-0.25, -0.2) is 9.97 Å². The smallest absolute Gasteiger partial charge is 0.273 e. The molecule has 0 unspecified atom stereocenters. The zero-order valence-corrected chi connectivity index (χ0v) is 17.1. The van der Waals surface area contributed by atoms with Crippen LogP contribution >= 0.6 is 23.5 Å². The Kier molecular flexibility index (Phi) is 6.29. The second-order valence-corrected chi connectivity index (χ2v) is 8.11. The van der Waals surface area contributed by atoms with Crippen molar-refractivity contribution in [3.63, 3.8) is 0 Å². The SMILES string of the molecule is CCSc1nnc(CSc2nc(C)cc(C)n2)n1-c1cccc(C(F)(F)F)c1. The van der Waals surface area contributed by atoms with Gasteiger partial charge < -0.3 is 0 Å². The van der Waals surface area contributed by atoms with Gasteiger partial charge in [0, 0.05) is 11.4 Å². The number of hydrogen-bond donors (Lipinski definition) is 0. The van der Waals surface area contributed by atoms with Crippen LogP contribution in [0.25, 0.3) is 5.69 Å². The van der Waals surface area contributed by atoms with E-state index >= 15 is 0 Å². The fourth-order valence-corrected chi connectivity index (χ4v) is 4.14. The average Bonchev–Trinajstić information content (AvgIpc) is 3.01. The Hall–Kier alpha value is -2.07.